The van der Waals surface area contributed by atoms with Crippen molar-refractivity contribution < 1.29 is 5.11 Å². The first-order valence-electron chi connectivity index (χ1n) is 6.40. The molecular weight excluding hydrogens is 188 g/mol. The lowest BCUT2D eigenvalue weighted by Crippen LogP contribution is -2.53. The van der Waals surface area contributed by atoms with Gasteiger partial charge in [-0.25, -0.2) is 0 Å². The van der Waals surface area contributed by atoms with Crippen molar-refractivity contribution in [3.05, 3.63) is 0 Å². The van der Waals surface area contributed by atoms with E-state index < -0.39 is 0 Å². The summed E-state index contributed by atoms with van der Waals surface area (Å²) in [7, 11) is 2.09. The van der Waals surface area contributed by atoms with Gasteiger partial charge < -0.3 is 10.4 Å². The molecule has 3 heteroatoms. The maximum absolute atomic E-state index is 9.51. The highest BCUT2D eigenvalue weighted by Gasteiger charge is 2.31. The molecule has 88 valence electrons. The maximum Gasteiger partial charge on any atom is 0.0564 e. The average molecular weight is 212 g/mol. The number of aliphatic hydroxyl groups is 1. The lowest BCUT2D eigenvalue weighted by molar-refractivity contribution is 0.0400. The fourth-order valence-corrected chi connectivity index (χ4v) is 3.10. The van der Waals surface area contributed by atoms with Crippen LogP contribution in [0.2, 0.25) is 0 Å². The van der Waals surface area contributed by atoms with Crippen LogP contribution >= 0.6 is 0 Å². The first kappa shape index (κ1) is 11.4. The van der Waals surface area contributed by atoms with Crippen molar-refractivity contribution in [2.75, 3.05) is 20.1 Å². The van der Waals surface area contributed by atoms with E-state index in [1.807, 2.05) is 0 Å². The number of hydrogen-bond donors (Lipinski definition) is 2. The van der Waals surface area contributed by atoms with Gasteiger partial charge in [0.2, 0.25) is 0 Å². The molecule has 2 N–H and O–H groups in total. The van der Waals surface area contributed by atoms with Crippen LogP contribution in [0.1, 0.15) is 38.5 Å². The number of piperidine rings is 1. The summed E-state index contributed by atoms with van der Waals surface area (Å²) in [6, 6.07) is 1.39. The molecule has 15 heavy (non-hydrogen) atoms. The zero-order chi connectivity index (χ0) is 10.7. The molecule has 3 nitrogen and oxygen atoms in total. The van der Waals surface area contributed by atoms with Crippen LogP contribution in [0.3, 0.4) is 0 Å². The molecule has 2 rings (SSSR count). The van der Waals surface area contributed by atoms with Crippen LogP contribution in [0.15, 0.2) is 0 Å². The van der Waals surface area contributed by atoms with Crippen molar-refractivity contribution in [2.45, 2.75) is 56.7 Å². The number of likely N-dealkylation sites (tertiary alicyclic amines) is 1. The smallest absolute Gasteiger partial charge is 0.0564 e. The summed E-state index contributed by atoms with van der Waals surface area (Å²) in [6.07, 6.45) is 7.29. The Hall–Kier alpha value is -0.120. The zero-order valence-electron chi connectivity index (χ0n) is 9.78. The predicted octanol–water partition coefficient (Wildman–Crippen LogP) is 0.974. The van der Waals surface area contributed by atoms with Crippen molar-refractivity contribution in [3.8, 4) is 0 Å². The molecule has 1 aliphatic carbocycles. The number of likely N-dealkylation sites (N-methyl/N-ethyl adjacent to an activating group) is 1. The molecule has 1 saturated carbocycles. The minimum Gasteiger partial charge on any atom is -0.393 e. The van der Waals surface area contributed by atoms with E-state index >= 15 is 0 Å². The Morgan fingerprint density at radius 2 is 1.73 bits per heavy atom. The molecule has 0 spiro atoms. The highest BCUT2D eigenvalue weighted by atomic mass is 16.3. The molecule has 2 fully saturated rings. The summed E-state index contributed by atoms with van der Waals surface area (Å²) in [5.74, 6) is 0. The first-order chi connectivity index (χ1) is 7.31. The number of rotatable bonds is 2. The largest absolute Gasteiger partial charge is 0.393 e. The van der Waals surface area contributed by atoms with Gasteiger partial charge in [-0.3, -0.25) is 4.90 Å². The van der Waals surface area contributed by atoms with Gasteiger partial charge in [0, 0.05) is 25.2 Å². The monoisotopic (exact) mass is 212 g/mol. The normalized spacial score (nSPS) is 35.6. The molecule has 0 bridgehead atoms. The summed E-state index contributed by atoms with van der Waals surface area (Å²) in [4.78, 5) is 2.59. The quantitative estimate of drug-likeness (QED) is 0.716. The number of hydrogen-bond acceptors (Lipinski definition) is 3. The van der Waals surface area contributed by atoms with Gasteiger partial charge in [-0.2, -0.15) is 0 Å². The van der Waals surface area contributed by atoms with Gasteiger partial charge in [0.05, 0.1) is 6.10 Å². The van der Waals surface area contributed by atoms with E-state index in [4.69, 9.17) is 0 Å². The van der Waals surface area contributed by atoms with E-state index in [-0.39, 0.29) is 6.10 Å². The number of aliphatic hydroxyl groups excluding tert-OH is 1. The third-order valence-corrected chi connectivity index (χ3v) is 4.07. The molecule has 0 radical (unpaired) electrons. The molecule has 2 atom stereocenters. The van der Waals surface area contributed by atoms with Crippen LogP contribution in [0.5, 0.6) is 0 Å². The molecule has 1 heterocycles. The van der Waals surface area contributed by atoms with Gasteiger partial charge in [-0.15, -0.1) is 0 Å². The third kappa shape index (κ3) is 2.71. The fraction of sp³-hybridized carbons (Fsp3) is 1.00. The Kier molecular flexibility index (Phi) is 4.00. The molecule has 0 aromatic carbocycles. The highest BCUT2D eigenvalue weighted by Crippen LogP contribution is 2.25. The number of nitrogens with zero attached hydrogens (tertiary/aromatic N) is 1. The molecule has 1 saturated heterocycles. The van der Waals surface area contributed by atoms with Gasteiger partial charge >= 0.3 is 0 Å². The molecule has 1 aliphatic heterocycles. The second kappa shape index (κ2) is 5.28. The molecule has 2 aliphatic rings. The van der Waals surface area contributed by atoms with Gasteiger partial charge in [0.15, 0.2) is 0 Å². The second-order valence-electron chi connectivity index (χ2n) is 5.01. The average Bonchev–Trinajstić information content (AvgIpc) is 2.30. The van der Waals surface area contributed by atoms with E-state index in [0.717, 1.165) is 32.0 Å². The minimum atomic E-state index is -0.0436. The summed E-state index contributed by atoms with van der Waals surface area (Å²) < 4.78 is 0. The standard InChI is InChI=1S/C12H24N2O/c1-13-11-4-2-3-5-12(11)14-8-6-10(15)7-9-14/h10-13,15H,2-9H2,1H3/t11-,12-/m0/s1. The Balaban J connectivity index is 1.90. The fourth-order valence-electron chi connectivity index (χ4n) is 3.10. The van der Waals surface area contributed by atoms with E-state index in [9.17, 15) is 5.11 Å². The van der Waals surface area contributed by atoms with Crippen molar-refractivity contribution in [3.63, 3.8) is 0 Å². The number of nitrogens with one attached hydrogen (secondary N) is 1. The summed E-state index contributed by atoms with van der Waals surface area (Å²) in [5.41, 5.74) is 0. The van der Waals surface area contributed by atoms with Crippen molar-refractivity contribution in [2.24, 2.45) is 0 Å². The van der Waals surface area contributed by atoms with Crippen molar-refractivity contribution >= 4 is 0 Å². The van der Waals surface area contributed by atoms with E-state index in [0.29, 0.717) is 6.04 Å². The Labute approximate surface area is 92.8 Å². The SMILES string of the molecule is CN[C@H]1CCCC[C@@H]1N1CCC(O)CC1. The summed E-state index contributed by atoms with van der Waals surface area (Å²) >= 11 is 0. The summed E-state index contributed by atoms with van der Waals surface area (Å²) in [5, 5.41) is 13.0. The lowest BCUT2D eigenvalue weighted by atomic mass is 9.88. The Morgan fingerprint density at radius 1 is 1.07 bits per heavy atom. The van der Waals surface area contributed by atoms with Crippen LogP contribution in [0.25, 0.3) is 0 Å². The van der Waals surface area contributed by atoms with E-state index in [1.165, 1.54) is 25.7 Å². The van der Waals surface area contributed by atoms with Gasteiger partial charge in [0.25, 0.3) is 0 Å². The minimum absolute atomic E-state index is 0.0436. The zero-order valence-corrected chi connectivity index (χ0v) is 9.78. The second-order valence-corrected chi connectivity index (χ2v) is 5.01. The summed E-state index contributed by atoms with van der Waals surface area (Å²) in [6.45, 7) is 2.17. The third-order valence-electron chi connectivity index (χ3n) is 4.07. The van der Waals surface area contributed by atoms with Crippen molar-refractivity contribution in [1.82, 2.24) is 10.2 Å². The topological polar surface area (TPSA) is 35.5 Å². The van der Waals surface area contributed by atoms with E-state index in [1.54, 1.807) is 0 Å². The maximum atomic E-state index is 9.51. The molecular formula is C12H24N2O. The van der Waals surface area contributed by atoms with Crippen molar-refractivity contribution in [1.29, 1.82) is 0 Å². The Bertz CT molecular complexity index is 190. The predicted molar refractivity (Wildman–Crippen MR) is 61.9 cm³/mol. The van der Waals surface area contributed by atoms with Gasteiger partial charge in [-0.1, -0.05) is 12.8 Å². The van der Waals surface area contributed by atoms with Crippen LogP contribution < -0.4 is 5.32 Å². The molecule has 0 unspecified atom stereocenters. The highest BCUT2D eigenvalue weighted by molar-refractivity contribution is 4.89. The van der Waals surface area contributed by atoms with E-state index in [2.05, 4.69) is 17.3 Å². The molecule has 0 amide bonds. The van der Waals surface area contributed by atoms with Gasteiger partial charge in [0.1, 0.15) is 0 Å². The first-order valence-corrected chi connectivity index (χ1v) is 6.40. The van der Waals surface area contributed by atoms with Crippen LogP contribution in [-0.2, 0) is 0 Å². The lowest BCUT2D eigenvalue weighted by Gasteiger charge is -2.42. The van der Waals surface area contributed by atoms with Crippen LogP contribution in [-0.4, -0.2) is 48.3 Å². The van der Waals surface area contributed by atoms with Gasteiger partial charge in [-0.05, 0) is 32.7 Å². The van der Waals surface area contributed by atoms with Crippen LogP contribution in [0, 0.1) is 0 Å². The van der Waals surface area contributed by atoms with Crippen LogP contribution in [0.4, 0.5) is 0 Å². The Morgan fingerprint density at radius 3 is 2.40 bits per heavy atom. The molecule has 0 aromatic rings. The molecule has 0 aromatic heterocycles.